The topological polar surface area (TPSA) is 54.9 Å². The second-order valence-corrected chi connectivity index (χ2v) is 4.45. The number of hydrogen-bond acceptors (Lipinski definition) is 4. The van der Waals surface area contributed by atoms with Crippen LogP contribution in [0.15, 0.2) is 47.8 Å². The number of nitrogens with one attached hydrogen (secondary N) is 1. The highest BCUT2D eigenvalue weighted by Crippen LogP contribution is 2.31. The number of para-hydroxylation sites is 1. The number of nitrogens with zero attached hydrogens (tertiary/aromatic N) is 2. The van der Waals surface area contributed by atoms with E-state index in [0.29, 0.717) is 22.3 Å². The van der Waals surface area contributed by atoms with Gasteiger partial charge >= 0.3 is 0 Å². The maximum Gasteiger partial charge on any atom is 0.288 e. The van der Waals surface area contributed by atoms with E-state index < -0.39 is 11.7 Å². The first-order valence-corrected chi connectivity index (χ1v) is 6.16. The Morgan fingerprint density at radius 1 is 1.26 bits per heavy atom. The summed E-state index contributed by atoms with van der Waals surface area (Å²) in [5.41, 5.74) is 0.447. The molecule has 0 aliphatic rings. The quantitative estimate of drug-likeness (QED) is 0.875. The zero-order chi connectivity index (χ0) is 13.7. The van der Waals surface area contributed by atoms with E-state index in [4.69, 9.17) is 0 Å². The molecule has 2 rings (SSSR count). The maximum atomic E-state index is 12.4. The molecule has 0 saturated carbocycles. The zero-order valence-electron chi connectivity index (χ0n) is 9.59. The van der Waals surface area contributed by atoms with Crippen molar-refractivity contribution in [3.8, 4) is 0 Å². The Kier molecular flexibility index (Phi) is 4.40. The molecule has 7 heteroatoms. The van der Waals surface area contributed by atoms with Gasteiger partial charge in [0.25, 0.3) is 11.7 Å². The van der Waals surface area contributed by atoms with Crippen LogP contribution >= 0.6 is 11.8 Å². The molecular weight excluding hydrogens is 272 g/mol. The minimum Gasteiger partial charge on any atom is -0.320 e. The third-order valence-corrected chi connectivity index (χ3v) is 2.94. The molecule has 2 aromatic rings. The average Bonchev–Trinajstić information content (AvgIpc) is 2.41. The van der Waals surface area contributed by atoms with Crippen molar-refractivity contribution in [2.75, 3.05) is 5.32 Å². The molecule has 0 bridgehead atoms. The molecule has 1 aromatic heterocycles. The van der Waals surface area contributed by atoms with E-state index in [1.54, 1.807) is 18.2 Å². The highest BCUT2D eigenvalue weighted by Gasteiger charge is 2.13. The minimum atomic E-state index is -2.55. The van der Waals surface area contributed by atoms with Crippen LogP contribution in [-0.2, 0) is 0 Å². The van der Waals surface area contributed by atoms with Gasteiger partial charge in [0.05, 0.1) is 11.9 Å². The van der Waals surface area contributed by atoms with Crippen LogP contribution in [0.25, 0.3) is 0 Å². The lowest BCUT2D eigenvalue weighted by Gasteiger charge is -2.09. The predicted molar refractivity (Wildman–Crippen MR) is 68.3 cm³/mol. The Bertz CT molecular complexity index is 566. The lowest BCUT2D eigenvalue weighted by Crippen LogP contribution is -2.14. The fourth-order valence-electron chi connectivity index (χ4n) is 1.37. The van der Waals surface area contributed by atoms with Gasteiger partial charge in [-0.05, 0) is 12.1 Å². The number of carbonyl (C=O) groups is 1. The predicted octanol–water partition coefficient (Wildman–Crippen LogP) is 3.04. The van der Waals surface area contributed by atoms with Crippen molar-refractivity contribution in [1.29, 1.82) is 0 Å². The van der Waals surface area contributed by atoms with Crippen molar-refractivity contribution in [3.63, 3.8) is 0 Å². The summed E-state index contributed by atoms with van der Waals surface area (Å²) in [4.78, 5) is 19.7. The summed E-state index contributed by atoms with van der Waals surface area (Å²) in [6.07, 6.45) is 4.13. The number of aromatic nitrogens is 2. The Labute approximate surface area is 112 Å². The van der Waals surface area contributed by atoms with Crippen molar-refractivity contribution in [2.45, 2.75) is 10.7 Å². The zero-order valence-corrected chi connectivity index (χ0v) is 10.4. The number of alkyl halides is 2. The molecule has 0 atom stereocenters. The number of anilines is 1. The van der Waals surface area contributed by atoms with Crippen LogP contribution in [-0.4, -0.2) is 21.6 Å². The molecule has 98 valence electrons. The highest BCUT2D eigenvalue weighted by atomic mass is 32.2. The number of carbonyl (C=O) groups excluding carboxylic acids is 1. The van der Waals surface area contributed by atoms with E-state index in [1.807, 2.05) is 0 Å². The second kappa shape index (κ2) is 6.24. The van der Waals surface area contributed by atoms with Gasteiger partial charge in [-0.1, -0.05) is 23.9 Å². The highest BCUT2D eigenvalue weighted by molar-refractivity contribution is 7.99. The minimum absolute atomic E-state index is 0.124. The van der Waals surface area contributed by atoms with Crippen LogP contribution in [0, 0.1) is 0 Å². The standard InChI is InChI=1S/C12H9F2N3OS/c13-12(14)19-10-4-2-1-3-8(10)17-11(18)9-7-15-5-6-16-9/h1-7,12H,(H,17,18). The molecule has 19 heavy (non-hydrogen) atoms. The van der Waals surface area contributed by atoms with Gasteiger partial charge in [-0.3, -0.25) is 9.78 Å². The van der Waals surface area contributed by atoms with E-state index in [-0.39, 0.29) is 5.69 Å². The van der Waals surface area contributed by atoms with Gasteiger partial charge in [0.1, 0.15) is 5.69 Å². The Hall–Kier alpha value is -2.02. The number of halogens is 2. The summed E-state index contributed by atoms with van der Waals surface area (Å²) in [7, 11) is 0. The molecule has 1 N–H and O–H groups in total. The number of hydrogen-bond donors (Lipinski definition) is 1. The Morgan fingerprint density at radius 3 is 2.74 bits per heavy atom. The first-order chi connectivity index (χ1) is 9.16. The van der Waals surface area contributed by atoms with Crippen molar-refractivity contribution in [3.05, 3.63) is 48.5 Å². The normalized spacial score (nSPS) is 10.5. The number of rotatable bonds is 4. The van der Waals surface area contributed by atoms with E-state index in [0.717, 1.165) is 0 Å². The SMILES string of the molecule is O=C(Nc1ccccc1SC(F)F)c1cnccn1. The fourth-order valence-corrected chi connectivity index (χ4v) is 1.97. The molecule has 4 nitrogen and oxygen atoms in total. The molecule has 0 aliphatic carbocycles. The summed E-state index contributed by atoms with van der Waals surface area (Å²) < 4.78 is 24.8. The van der Waals surface area contributed by atoms with Crippen LogP contribution in [0.1, 0.15) is 10.5 Å². The van der Waals surface area contributed by atoms with Crippen LogP contribution in [0.2, 0.25) is 0 Å². The van der Waals surface area contributed by atoms with Crippen molar-refractivity contribution in [1.82, 2.24) is 9.97 Å². The lowest BCUT2D eigenvalue weighted by molar-refractivity contribution is 0.102. The van der Waals surface area contributed by atoms with Gasteiger partial charge in [0, 0.05) is 17.3 Å². The number of amides is 1. The lowest BCUT2D eigenvalue weighted by atomic mass is 10.3. The third kappa shape index (κ3) is 3.72. The summed E-state index contributed by atoms with van der Waals surface area (Å²) in [5, 5.41) is 2.54. The maximum absolute atomic E-state index is 12.4. The average molecular weight is 281 g/mol. The molecule has 0 unspecified atom stereocenters. The number of thioether (sulfide) groups is 1. The van der Waals surface area contributed by atoms with Crippen LogP contribution < -0.4 is 5.32 Å². The monoisotopic (exact) mass is 281 g/mol. The van der Waals surface area contributed by atoms with Crippen molar-refractivity contribution < 1.29 is 13.6 Å². The number of benzene rings is 1. The summed E-state index contributed by atoms with van der Waals surface area (Å²) in [6.45, 7) is 0. The summed E-state index contributed by atoms with van der Waals surface area (Å²) in [6, 6.07) is 6.35. The van der Waals surface area contributed by atoms with Crippen LogP contribution in [0.5, 0.6) is 0 Å². The molecule has 0 saturated heterocycles. The van der Waals surface area contributed by atoms with E-state index in [2.05, 4.69) is 15.3 Å². The van der Waals surface area contributed by atoms with E-state index in [9.17, 15) is 13.6 Å². The van der Waals surface area contributed by atoms with Crippen LogP contribution in [0.3, 0.4) is 0 Å². The first-order valence-electron chi connectivity index (χ1n) is 5.28. The molecule has 1 heterocycles. The molecule has 0 radical (unpaired) electrons. The Balaban J connectivity index is 2.17. The molecule has 0 aliphatic heterocycles. The molecule has 1 amide bonds. The third-order valence-electron chi connectivity index (χ3n) is 2.15. The van der Waals surface area contributed by atoms with E-state index in [1.165, 1.54) is 24.7 Å². The fraction of sp³-hybridized carbons (Fsp3) is 0.0833. The smallest absolute Gasteiger partial charge is 0.288 e. The summed E-state index contributed by atoms with van der Waals surface area (Å²) in [5.74, 6) is -3.04. The van der Waals surface area contributed by atoms with Gasteiger partial charge in [-0.15, -0.1) is 0 Å². The van der Waals surface area contributed by atoms with Gasteiger partial charge in [-0.25, -0.2) is 4.98 Å². The first kappa shape index (κ1) is 13.4. The van der Waals surface area contributed by atoms with Gasteiger partial charge in [0.2, 0.25) is 0 Å². The Morgan fingerprint density at radius 2 is 2.05 bits per heavy atom. The van der Waals surface area contributed by atoms with Gasteiger partial charge in [0.15, 0.2) is 0 Å². The summed E-state index contributed by atoms with van der Waals surface area (Å²) >= 11 is 0.378. The van der Waals surface area contributed by atoms with Crippen molar-refractivity contribution >= 4 is 23.4 Å². The van der Waals surface area contributed by atoms with Crippen molar-refractivity contribution in [2.24, 2.45) is 0 Å². The molecule has 0 fully saturated rings. The van der Waals surface area contributed by atoms with Gasteiger partial charge < -0.3 is 5.32 Å². The largest absolute Gasteiger partial charge is 0.320 e. The molecule has 0 spiro atoms. The van der Waals surface area contributed by atoms with E-state index >= 15 is 0 Å². The second-order valence-electron chi connectivity index (χ2n) is 3.42. The van der Waals surface area contributed by atoms with Gasteiger partial charge in [-0.2, -0.15) is 8.78 Å². The van der Waals surface area contributed by atoms with Crippen LogP contribution in [0.4, 0.5) is 14.5 Å². The molecule has 1 aromatic carbocycles. The molecular formula is C12H9F2N3OS.